The predicted octanol–water partition coefficient (Wildman–Crippen LogP) is 2.77. The second kappa shape index (κ2) is 9.96. The Morgan fingerprint density at radius 2 is 1.85 bits per heavy atom. The molecule has 0 aliphatic heterocycles. The van der Waals surface area contributed by atoms with Gasteiger partial charge in [-0.1, -0.05) is 25.0 Å². The molecule has 26 heavy (non-hydrogen) atoms. The first-order valence-electron chi connectivity index (χ1n) is 8.49. The second-order valence-electron chi connectivity index (χ2n) is 6.24. The smallest absolute Gasteiger partial charge is 0.303 e. The molecule has 0 fully saturated rings. The van der Waals surface area contributed by atoms with Crippen LogP contribution in [-0.4, -0.2) is 25.2 Å². The SMILES string of the molecule is CC(=N)/C(NS(=O)(=O)c1cccc(CCCCCCC(=O)O)c1)=C(/C)N. The van der Waals surface area contributed by atoms with Crippen LogP contribution in [0.4, 0.5) is 0 Å². The monoisotopic (exact) mass is 381 g/mol. The molecule has 0 heterocycles. The van der Waals surface area contributed by atoms with Crippen molar-refractivity contribution in [3.05, 3.63) is 41.2 Å². The minimum absolute atomic E-state index is 0.0473. The molecule has 5 N–H and O–H groups in total. The number of carboxylic acid groups (broad SMARTS) is 1. The van der Waals surface area contributed by atoms with Crippen molar-refractivity contribution in [3.8, 4) is 0 Å². The number of carbonyl (C=O) groups is 1. The number of sulfonamides is 1. The molecule has 0 unspecified atom stereocenters. The molecule has 0 aliphatic carbocycles. The van der Waals surface area contributed by atoms with Crippen molar-refractivity contribution < 1.29 is 18.3 Å². The van der Waals surface area contributed by atoms with E-state index < -0.39 is 16.0 Å². The van der Waals surface area contributed by atoms with Crippen molar-refractivity contribution in [2.45, 2.75) is 57.3 Å². The number of aryl methyl sites for hydroxylation is 1. The van der Waals surface area contributed by atoms with Gasteiger partial charge in [0, 0.05) is 12.1 Å². The third-order valence-electron chi connectivity index (χ3n) is 3.82. The molecule has 0 radical (unpaired) electrons. The van der Waals surface area contributed by atoms with Crippen LogP contribution in [0, 0.1) is 5.41 Å². The zero-order valence-corrected chi connectivity index (χ0v) is 16.0. The van der Waals surface area contributed by atoms with E-state index in [0.717, 1.165) is 31.2 Å². The Bertz CT molecular complexity index is 781. The quantitative estimate of drug-likeness (QED) is 0.345. The standard InChI is InChI=1S/C18H27N3O4S/c1-13(19)18(14(2)20)21-26(24,25)16-10-7-9-15(12-16)8-5-3-4-6-11-17(22)23/h7,9-10,12,19,21H,3-6,8,11,20H2,1-2H3,(H,22,23)/b18-14+,19-13?. The van der Waals surface area contributed by atoms with Crippen molar-refractivity contribution in [2.24, 2.45) is 5.73 Å². The van der Waals surface area contributed by atoms with E-state index in [4.69, 9.17) is 16.2 Å². The van der Waals surface area contributed by atoms with Gasteiger partial charge in [0.05, 0.1) is 16.3 Å². The highest BCUT2D eigenvalue weighted by Crippen LogP contribution is 2.16. The summed E-state index contributed by atoms with van der Waals surface area (Å²) in [7, 11) is -3.81. The van der Waals surface area contributed by atoms with Crippen LogP contribution >= 0.6 is 0 Å². The van der Waals surface area contributed by atoms with Gasteiger partial charge < -0.3 is 16.2 Å². The summed E-state index contributed by atoms with van der Waals surface area (Å²) < 4.78 is 27.4. The Hall–Kier alpha value is -2.35. The maximum Gasteiger partial charge on any atom is 0.303 e. The third kappa shape index (κ3) is 7.26. The molecule has 0 amide bonds. The molecule has 0 aliphatic rings. The molecule has 8 heteroatoms. The number of nitrogens with two attached hydrogens (primary N) is 1. The van der Waals surface area contributed by atoms with Gasteiger partial charge in [-0.15, -0.1) is 0 Å². The molecule has 0 saturated heterocycles. The van der Waals surface area contributed by atoms with E-state index >= 15 is 0 Å². The summed E-state index contributed by atoms with van der Waals surface area (Å²) in [5.41, 5.74) is 6.92. The van der Waals surface area contributed by atoms with E-state index in [1.54, 1.807) is 12.1 Å². The van der Waals surface area contributed by atoms with Gasteiger partial charge in [-0.05, 0) is 50.8 Å². The summed E-state index contributed by atoms with van der Waals surface area (Å²) in [6, 6.07) is 6.66. The van der Waals surface area contributed by atoms with Crippen molar-refractivity contribution in [1.82, 2.24) is 4.72 Å². The van der Waals surface area contributed by atoms with E-state index in [9.17, 15) is 13.2 Å². The minimum atomic E-state index is -3.81. The molecule has 0 aromatic heterocycles. The zero-order valence-electron chi connectivity index (χ0n) is 15.2. The lowest BCUT2D eigenvalue weighted by Gasteiger charge is -2.13. The molecular weight excluding hydrogens is 354 g/mol. The first kappa shape index (κ1) is 21.7. The van der Waals surface area contributed by atoms with Gasteiger partial charge in [-0.25, -0.2) is 8.42 Å². The van der Waals surface area contributed by atoms with Crippen LogP contribution in [0.2, 0.25) is 0 Å². The lowest BCUT2D eigenvalue weighted by molar-refractivity contribution is -0.137. The van der Waals surface area contributed by atoms with Crippen LogP contribution in [0.5, 0.6) is 0 Å². The topological polar surface area (TPSA) is 133 Å². The van der Waals surface area contributed by atoms with Crippen LogP contribution in [0.3, 0.4) is 0 Å². The van der Waals surface area contributed by atoms with Gasteiger partial charge in [0.2, 0.25) is 0 Å². The van der Waals surface area contributed by atoms with E-state index in [0.29, 0.717) is 6.42 Å². The van der Waals surface area contributed by atoms with Gasteiger partial charge in [-0.2, -0.15) is 0 Å². The van der Waals surface area contributed by atoms with E-state index in [2.05, 4.69) is 4.72 Å². The lowest BCUT2D eigenvalue weighted by atomic mass is 10.1. The van der Waals surface area contributed by atoms with E-state index in [1.807, 2.05) is 6.07 Å². The van der Waals surface area contributed by atoms with Crippen LogP contribution in [0.25, 0.3) is 0 Å². The van der Waals surface area contributed by atoms with Crippen LogP contribution in [0.15, 0.2) is 40.6 Å². The van der Waals surface area contributed by atoms with Gasteiger partial charge in [0.25, 0.3) is 10.0 Å². The summed E-state index contributed by atoms with van der Waals surface area (Å²) in [4.78, 5) is 10.6. The molecule has 1 aromatic carbocycles. The number of allylic oxidation sites excluding steroid dienone is 2. The highest BCUT2D eigenvalue weighted by Gasteiger charge is 2.18. The highest BCUT2D eigenvalue weighted by atomic mass is 32.2. The zero-order chi connectivity index (χ0) is 19.7. The Labute approximate surface area is 154 Å². The van der Waals surface area contributed by atoms with Crippen molar-refractivity contribution in [1.29, 1.82) is 5.41 Å². The fraction of sp³-hybridized carbons (Fsp3) is 0.444. The van der Waals surface area contributed by atoms with Crippen molar-refractivity contribution >= 4 is 21.7 Å². The van der Waals surface area contributed by atoms with E-state index in [1.165, 1.54) is 19.9 Å². The Morgan fingerprint density at radius 3 is 2.42 bits per heavy atom. The number of nitrogens with one attached hydrogen (secondary N) is 2. The number of benzene rings is 1. The molecule has 144 valence electrons. The molecule has 1 rings (SSSR count). The number of carboxylic acids is 1. The number of aliphatic carboxylic acids is 1. The Kier molecular flexibility index (Phi) is 8.31. The number of hydrogen-bond acceptors (Lipinski definition) is 5. The molecule has 7 nitrogen and oxygen atoms in total. The average molecular weight is 381 g/mol. The van der Waals surface area contributed by atoms with Crippen LogP contribution in [0.1, 0.15) is 51.5 Å². The van der Waals surface area contributed by atoms with Crippen LogP contribution < -0.4 is 10.5 Å². The molecule has 1 aromatic rings. The fourth-order valence-corrected chi connectivity index (χ4v) is 3.74. The highest BCUT2D eigenvalue weighted by molar-refractivity contribution is 7.89. The maximum absolute atomic E-state index is 12.5. The van der Waals surface area contributed by atoms with Gasteiger partial charge in [0.15, 0.2) is 0 Å². The largest absolute Gasteiger partial charge is 0.481 e. The molecule has 0 atom stereocenters. The maximum atomic E-state index is 12.5. The lowest BCUT2D eigenvalue weighted by Crippen LogP contribution is -2.29. The summed E-state index contributed by atoms with van der Waals surface area (Å²) in [5.74, 6) is -0.781. The summed E-state index contributed by atoms with van der Waals surface area (Å²) in [6.07, 6.45) is 4.16. The van der Waals surface area contributed by atoms with E-state index in [-0.39, 0.29) is 28.4 Å². The third-order valence-corrected chi connectivity index (χ3v) is 5.17. The minimum Gasteiger partial charge on any atom is -0.481 e. The summed E-state index contributed by atoms with van der Waals surface area (Å²) >= 11 is 0. The van der Waals surface area contributed by atoms with Gasteiger partial charge in [0.1, 0.15) is 0 Å². The van der Waals surface area contributed by atoms with Gasteiger partial charge >= 0.3 is 5.97 Å². The number of unbranched alkanes of at least 4 members (excludes halogenated alkanes) is 3. The fourth-order valence-electron chi connectivity index (χ4n) is 2.47. The Morgan fingerprint density at radius 1 is 1.19 bits per heavy atom. The summed E-state index contributed by atoms with van der Waals surface area (Å²) in [6.45, 7) is 3.01. The normalized spacial score (nSPS) is 12.4. The molecule has 0 saturated carbocycles. The number of rotatable bonds is 11. The van der Waals surface area contributed by atoms with Crippen molar-refractivity contribution in [3.63, 3.8) is 0 Å². The molecule has 0 bridgehead atoms. The molecular formula is C18H27N3O4S. The van der Waals surface area contributed by atoms with Gasteiger partial charge in [-0.3, -0.25) is 9.52 Å². The first-order chi connectivity index (χ1) is 12.1. The Balaban J connectivity index is 2.72. The average Bonchev–Trinajstić information content (AvgIpc) is 2.55. The second-order valence-corrected chi connectivity index (χ2v) is 7.93. The van der Waals surface area contributed by atoms with Crippen LogP contribution in [-0.2, 0) is 21.2 Å². The molecule has 0 spiro atoms. The van der Waals surface area contributed by atoms with Crippen molar-refractivity contribution in [2.75, 3.05) is 0 Å². The predicted molar refractivity (Wildman–Crippen MR) is 101 cm³/mol. The summed E-state index contributed by atoms with van der Waals surface area (Å²) in [5, 5.41) is 16.2. The first-order valence-corrected chi connectivity index (χ1v) is 9.97. The number of hydrogen-bond donors (Lipinski definition) is 4.